The van der Waals surface area contributed by atoms with Crippen LogP contribution in [0.3, 0.4) is 0 Å². The van der Waals surface area contributed by atoms with Gasteiger partial charge in [0.05, 0.1) is 0 Å². The number of rotatable bonds is 4. The zero-order valence-electron chi connectivity index (χ0n) is 15.5. The molecule has 0 radical (unpaired) electrons. The molecule has 2 heterocycles. The monoisotopic (exact) mass is 473 g/mol. The molecule has 1 amide bonds. The Bertz CT molecular complexity index is 982. The Morgan fingerprint density at radius 3 is 2.63 bits per heavy atom. The van der Waals surface area contributed by atoms with E-state index >= 15 is 0 Å². The molecule has 6 heteroatoms. The summed E-state index contributed by atoms with van der Waals surface area (Å²) in [6, 6.07) is 16.3. The molecule has 3 aromatic rings. The van der Waals surface area contributed by atoms with Crippen molar-refractivity contribution in [3.63, 3.8) is 0 Å². The van der Waals surface area contributed by atoms with Gasteiger partial charge in [-0.25, -0.2) is 0 Å². The number of carbonyl (C=O) groups is 1. The molecule has 0 bridgehead atoms. The van der Waals surface area contributed by atoms with Gasteiger partial charge in [0.15, 0.2) is 0 Å². The van der Waals surface area contributed by atoms with Gasteiger partial charge in [0, 0.05) is 0 Å². The molecule has 5 nitrogen and oxygen atoms in total. The van der Waals surface area contributed by atoms with E-state index in [4.69, 9.17) is 0 Å². The Labute approximate surface area is 169 Å². The predicted octanol–water partition coefficient (Wildman–Crippen LogP) is 0.588. The molecule has 0 N–H and O–H groups in total. The summed E-state index contributed by atoms with van der Waals surface area (Å²) < 4.78 is 3.21. The molecule has 27 heavy (non-hydrogen) atoms. The van der Waals surface area contributed by atoms with Crippen LogP contribution >= 0.6 is 0 Å². The van der Waals surface area contributed by atoms with E-state index in [-0.39, 0.29) is 27.1 Å². The van der Waals surface area contributed by atoms with Gasteiger partial charge in [-0.1, -0.05) is 0 Å². The number of anilines is 1. The molecule has 2 aromatic carbocycles. The van der Waals surface area contributed by atoms with Crippen molar-refractivity contribution in [2.45, 2.75) is 26.4 Å². The van der Waals surface area contributed by atoms with E-state index in [1.54, 1.807) is 0 Å². The second kappa shape index (κ2) is 7.80. The van der Waals surface area contributed by atoms with Gasteiger partial charge in [-0.2, -0.15) is 0 Å². The quantitative estimate of drug-likeness (QED) is 0.412. The number of nitrogens with zero attached hydrogens (tertiary/aromatic N) is 4. The summed E-state index contributed by atoms with van der Waals surface area (Å²) in [5.41, 5.74) is 6.07. The van der Waals surface area contributed by atoms with Crippen molar-refractivity contribution < 1.29 is 26.0 Å². The van der Waals surface area contributed by atoms with Gasteiger partial charge in [0.25, 0.3) is 0 Å². The summed E-state index contributed by atoms with van der Waals surface area (Å²) in [6.07, 6.45) is 0.468. The Balaban J connectivity index is 1.99. The number of aryl methyl sites for hydroxylation is 1. The van der Waals surface area contributed by atoms with Gasteiger partial charge in [0.1, 0.15) is 0 Å². The summed E-state index contributed by atoms with van der Waals surface area (Å²) in [6.45, 7) is 3.36. The minimum atomic E-state index is 0.115. The van der Waals surface area contributed by atoms with E-state index in [9.17, 15) is 4.79 Å². The molecular weight excluding hydrogens is 451 g/mol. The van der Waals surface area contributed by atoms with Crippen molar-refractivity contribution in [3.05, 3.63) is 54.1 Å². The summed E-state index contributed by atoms with van der Waals surface area (Å²) in [5.74, 6) is 0.115. The molecular formula is C21H22IN4O-. The fraction of sp³-hybridized carbons (Fsp3) is 0.286. The van der Waals surface area contributed by atoms with Crippen molar-refractivity contribution >= 4 is 11.6 Å². The number of hydrogen-bond donors (Lipinski definition) is 0. The van der Waals surface area contributed by atoms with Crippen LogP contribution in [-0.2, 0) is 17.9 Å². The van der Waals surface area contributed by atoms with Crippen molar-refractivity contribution in [2.75, 3.05) is 14.3 Å². The van der Waals surface area contributed by atoms with Crippen LogP contribution in [0.1, 0.15) is 18.9 Å². The van der Waals surface area contributed by atoms with Gasteiger partial charge in [-0.3, -0.25) is 0 Å². The molecule has 0 fully saturated rings. The standard InChI is InChI=1S/C21H22IN4O/c1-3-19(27)25-14-15-8-4-5-9-16(15)21-20(17-10-6-7-11-18(17)25)23-24-26(21)13-12-22-2/h4-11H,3,12-14H2,1-2H3/q-1. The van der Waals surface area contributed by atoms with E-state index in [0.29, 0.717) is 13.0 Å². The first-order valence-electron chi connectivity index (χ1n) is 9.10. The topological polar surface area (TPSA) is 51.0 Å². The maximum absolute atomic E-state index is 12.8. The van der Waals surface area contributed by atoms with Crippen molar-refractivity contribution in [2.24, 2.45) is 0 Å². The summed E-state index contributed by atoms with van der Waals surface area (Å²) in [5, 5.41) is 9.05. The average molecular weight is 473 g/mol. The molecule has 0 saturated carbocycles. The first-order chi connectivity index (χ1) is 13.2. The van der Waals surface area contributed by atoms with Crippen LogP contribution in [0.4, 0.5) is 5.69 Å². The maximum atomic E-state index is 12.8. The number of alkyl halides is 2. The molecule has 0 atom stereocenters. The Morgan fingerprint density at radius 2 is 1.85 bits per heavy atom. The third kappa shape index (κ3) is 3.26. The molecule has 1 aromatic heterocycles. The third-order valence-corrected chi connectivity index (χ3v) is 6.44. The molecule has 140 valence electrons. The minimum absolute atomic E-state index is 0.115. The summed E-state index contributed by atoms with van der Waals surface area (Å²) in [7, 11) is 0. The summed E-state index contributed by atoms with van der Waals surface area (Å²) in [4.78, 5) is 16.9. The van der Waals surface area contributed by atoms with E-state index in [2.05, 4.69) is 27.4 Å². The molecule has 1 aliphatic heterocycles. The number of para-hydroxylation sites is 1. The number of carbonyl (C=O) groups excluding carboxylic acids is 1. The van der Waals surface area contributed by atoms with E-state index in [1.807, 2.05) is 52.9 Å². The van der Waals surface area contributed by atoms with E-state index < -0.39 is 0 Å². The van der Waals surface area contributed by atoms with E-state index in [0.717, 1.165) is 40.3 Å². The van der Waals surface area contributed by atoms with Crippen molar-refractivity contribution in [1.82, 2.24) is 15.0 Å². The van der Waals surface area contributed by atoms with Gasteiger partial charge < -0.3 is 0 Å². The zero-order valence-corrected chi connectivity index (χ0v) is 17.7. The van der Waals surface area contributed by atoms with Gasteiger partial charge in [-0.15, -0.1) is 0 Å². The summed E-state index contributed by atoms with van der Waals surface area (Å²) >= 11 is 0.192. The Hall–Kier alpha value is -2.22. The van der Waals surface area contributed by atoms with Crippen LogP contribution in [0.25, 0.3) is 22.5 Å². The van der Waals surface area contributed by atoms with Crippen LogP contribution in [0.15, 0.2) is 48.5 Å². The number of halogens is 1. The first kappa shape index (κ1) is 18.2. The number of benzene rings is 2. The first-order valence-corrected chi connectivity index (χ1v) is 12.8. The van der Waals surface area contributed by atoms with Crippen LogP contribution in [0.2, 0.25) is 0 Å². The molecule has 4 rings (SSSR count). The van der Waals surface area contributed by atoms with Crippen LogP contribution in [0.5, 0.6) is 0 Å². The number of fused-ring (bicyclic) bond motifs is 5. The number of amides is 1. The molecule has 0 aliphatic carbocycles. The second-order valence-corrected chi connectivity index (χ2v) is 9.08. The van der Waals surface area contributed by atoms with Gasteiger partial charge >= 0.3 is 170 Å². The fourth-order valence-electron chi connectivity index (χ4n) is 3.55. The van der Waals surface area contributed by atoms with Crippen molar-refractivity contribution in [1.29, 1.82) is 0 Å². The van der Waals surface area contributed by atoms with Gasteiger partial charge in [-0.05, 0) is 0 Å². The average Bonchev–Trinajstić information content (AvgIpc) is 3.12. The van der Waals surface area contributed by atoms with Crippen molar-refractivity contribution in [3.8, 4) is 22.5 Å². The number of aromatic nitrogens is 3. The molecule has 1 aliphatic rings. The number of hydrogen-bond acceptors (Lipinski definition) is 3. The fourth-order valence-corrected chi connectivity index (χ4v) is 4.49. The molecule has 0 unspecified atom stereocenters. The molecule has 0 saturated heterocycles. The van der Waals surface area contributed by atoms with Crippen LogP contribution in [0, 0.1) is 0 Å². The second-order valence-electron chi connectivity index (χ2n) is 6.47. The normalized spacial score (nSPS) is 12.7. The Morgan fingerprint density at radius 1 is 1.11 bits per heavy atom. The van der Waals surface area contributed by atoms with Crippen LogP contribution < -0.4 is 26.1 Å². The third-order valence-electron chi connectivity index (χ3n) is 4.87. The zero-order chi connectivity index (χ0) is 18.8. The Kier molecular flexibility index (Phi) is 5.24. The van der Waals surface area contributed by atoms with Crippen LogP contribution in [-0.4, -0.2) is 30.3 Å². The predicted molar refractivity (Wildman–Crippen MR) is 103 cm³/mol. The molecule has 0 spiro atoms. The SMILES string of the molecule is CCC(=O)N1Cc2ccccc2-c2c(nnn2CC[I-]C)-c2ccccc21. The van der Waals surface area contributed by atoms with Gasteiger partial charge in [0.2, 0.25) is 0 Å². The van der Waals surface area contributed by atoms with E-state index in [1.165, 1.54) is 4.43 Å².